The molecule has 2 aliphatic heterocycles. The molecule has 9 N–H and O–H groups in total. The van der Waals surface area contributed by atoms with Gasteiger partial charge in [0.1, 0.15) is 48.8 Å². The van der Waals surface area contributed by atoms with Crippen molar-refractivity contribution in [2.45, 2.75) is 299 Å². The first-order valence-corrected chi connectivity index (χ1v) is 33.3. The van der Waals surface area contributed by atoms with E-state index in [4.69, 9.17) is 18.9 Å². The SMILES string of the molecule is CC/C=C\C/C=C\C/C=C\C/C=C\C/C=C\C/C=C\C/C=C\C/C=C\CCCCCCCCCCCCCCCCCCC(=O)NC(COC1OC(CO)C(OC2OC(CO)C(O)C(O)C2O)C(O)C1O)C(O)/C=C/CC/C=C/CCCCCC. The Balaban J connectivity index is 1.55. The van der Waals surface area contributed by atoms with Crippen LogP contribution in [-0.4, -0.2) is 140 Å². The number of unbranched alkanes of at least 4 members (excludes halogenated alkanes) is 21. The molecule has 0 radical (unpaired) electrons. The number of nitrogens with one attached hydrogen (secondary N) is 1. The molecule has 2 saturated heterocycles. The van der Waals surface area contributed by atoms with Crippen LogP contribution in [0, 0.1) is 0 Å². The fraction of sp³-hybridized carbons (Fsp3) is 0.704. The number of ether oxygens (including phenoxy) is 4. The van der Waals surface area contributed by atoms with Crippen molar-refractivity contribution >= 4 is 5.91 Å². The van der Waals surface area contributed by atoms with Crippen LogP contribution in [0.4, 0.5) is 0 Å². The van der Waals surface area contributed by atoms with E-state index < -0.39 is 86.8 Å². The van der Waals surface area contributed by atoms with E-state index in [0.717, 1.165) is 89.9 Å². The predicted octanol–water partition coefficient (Wildman–Crippen LogP) is 12.9. The van der Waals surface area contributed by atoms with E-state index in [9.17, 15) is 45.6 Å². The van der Waals surface area contributed by atoms with Crippen LogP contribution in [0.5, 0.6) is 0 Å². The summed E-state index contributed by atoms with van der Waals surface area (Å²) in [6, 6.07) is -0.935. The van der Waals surface area contributed by atoms with Crippen molar-refractivity contribution in [3.05, 3.63) is 122 Å². The lowest BCUT2D eigenvalue weighted by Crippen LogP contribution is -2.65. The molecule has 0 aromatic carbocycles. The van der Waals surface area contributed by atoms with Gasteiger partial charge in [-0.15, -0.1) is 0 Å². The summed E-state index contributed by atoms with van der Waals surface area (Å²) in [5.41, 5.74) is 0. The Kier molecular flexibility index (Phi) is 49.7. The topological polar surface area (TPSA) is 228 Å². The second kappa shape index (κ2) is 54.5. The van der Waals surface area contributed by atoms with E-state index in [1.54, 1.807) is 6.08 Å². The van der Waals surface area contributed by atoms with Crippen LogP contribution in [0.2, 0.25) is 0 Å². The number of hydrogen-bond donors (Lipinski definition) is 9. The minimum atomic E-state index is -1.79. The molecule has 0 aromatic rings. The van der Waals surface area contributed by atoms with Gasteiger partial charge in [0.2, 0.25) is 5.91 Å². The lowest BCUT2D eigenvalue weighted by Gasteiger charge is -2.46. The van der Waals surface area contributed by atoms with Crippen molar-refractivity contribution in [3.8, 4) is 0 Å². The van der Waals surface area contributed by atoms with Crippen molar-refractivity contribution in [3.63, 3.8) is 0 Å². The average Bonchev–Trinajstić information content (AvgIpc) is 2.93. The molecular weight excluding hydrogens is 1070 g/mol. The van der Waals surface area contributed by atoms with Gasteiger partial charge in [-0.05, 0) is 96.3 Å². The summed E-state index contributed by atoms with van der Waals surface area (Å²) in [6.07, 6.45) is 62.9. The van der Waals surface area contributed by atoms with E-state index in [1.807, 2.05) is 6.08 Å². The maximum absolute atomic E-state index is 13.2. The molecular formula is C71H119NO13. The highest BCUT2D eigenvalue weighted by Gasteiger charge is 2.51. The second-order valence-electron chi connectivity index (χ2n) is 22.9. The van der Waals surface area contributed by atoms with E-state index >= 15 is 0 Å². The maximum Gasteiger partial charge on any atom is 0.220 e. The van der Waals surface area contributed by atoms with Gasteiger partial charge in [0.05, 0.1) is 32.0 Å². The molecule has 2 rings (SSSR count). The highest BCUT2D eigenvalue weighted by atomic mass is 16.7. The summed E-state index contributed by atoms with van der Waals surface area (Å²) >= 11 is 0. The molecule has 85 heavy (non-hydrogen) atoms. The van der Waals surface area contributed by atoms with E-state index in [1.165, 1.54) is 103 Å². The zero-order valence-electron chi connectivity index (χ0n) is 52.6. The summed E-state index contributed by atoms with van der Waals surface area (Å²) in [5, 5.41) is 86.9. The van der Waals surface area contributed by atoms with Crippen LogP contribution in [0.1, 0.15) is 226 Å². The number of rotatable bonds is 52. The van der Waals surface area contributed by atoms with Crippen LogP contribution in [-0.2, 0) is 23.7 Å². The van der Waals surface area contributed by atoms with E-state index in [0.29, 0.717) is 12.8 Å². The first-order valence-electron chi connectivity index (χ1n) is 33.3. The number of allylic oxidation sites excluding steroid dienone is 19. The van der Waals surface area contributed by atoms with Gasteiger partial charge >= 0.3 is 0 Å². The van der Waals surface area contributed by atoms with Gasteiger partial charge in [-0.3, -0.25) is 4.79 Å². The first-order chi connectivity index (χ1) is 41.6. The van der Waals surface area contributed by atoms with Crippen LogP contribution >= 0.6 is 0 Å². The third kappa shape index (κ3) is 39.1. The molecule has 486 valence electrons. The Labute approximate surface area is 514 Å². The van der Waals surface area contributed by atoms with Gasteiger partial charge in [-0.25, -0.2) is 0 Å². The molecule has 14 nitrogen and oxygen atoms in total. The van der Waals surface area contributed by atoms with E-state index in [2.05, 4.69) is 129 Å². The van der Waals surface area contributed by atoms with Crippen molar-refractivity contribution in [2.75, 3.05) is 19.8 Å². The summed E-state index contributed by atoms with van der Waals surface area (Å²) in [6.45, 7) is 2.61. The van der Waals surface area contributed by atoms with Crippen LogP contribution in [0.3, 0.4) is 0 Å². The van der Waals surface area contributed by atoms with Gasteiger partial charge in [-0.2, -0.15) is 0 Å². The molecule has 2 aliphatic rings. The standard InChI is InChI=1S/C71H119NO13/c1-3-5-7-9-11-13-15-16-17-18-19-20-21-22-23-24-25-26-27-28-29-30-31-32-33-34-35-36-37-38-39-40-41-42-43-44-45-47-49-51-53-55-63(76)72-59(60(75)54-52-50-48-46-14-12-10-8-6-4-2)58-82-70-68(81)66(79)69(62(57-74)84-70)85-71-67(80)65(78)64(77)61(56-73)83-71/h5,7,11,13-14,16-17,19-20,22-23,25-26,28-29,31-32,46,52,54,59-62,64-71,73-75,77-81H,3-4,6,8-10,12,15,18,21,24,27,30,33-45,47-51,53,55-58H2,1-2H3,(H,72,76)/b7-5-,13-11-,17-16-,20-19-,23-22-,26-25-,29-28-,32-31-,46-14+,54-52+. The third-order valence-electron chi connectivity index (χ3n) is 15.4. The van der Waals surface area contributed by atoms with Gasteiger partial charge in [0.25, 0.3) is 0 Å². The highest BCUT2D eigenvalue weighted by Crippen LogP contribution is 2.30. The lowest BCUT2D eigenvalue weighted by molar-refractivity contribution is -0.359. The molecule has 0 spiro atoms. The predicted molar refractivity (Wildman–Crippen MR) is 345 cm³/mol. The molecule has 2 fully saturated rings. The third-order valence-corrected chi connectivity index (χ3v) is 15.4. The Hall–Kier alpha value is -3.61. The largest absolute Gasteiger partial charge is 0.394 e. The quantitative estimate of drug-likeness (QED) is 0.0204. The van der Waals surface area contributed by atoms with Gasteiger partial charge in [0, 0.05) is 6.42 Å². The average molecular weight is 1190 g/mol. The number of aliphatic hydroxyl groups excluding tert-OH is 8. The molecule has 0 saturated carbocycles. The summed E-state index contributed by atoms with van der Waals surface area (Å²) in [7, 11) is 0. The maximum atomic E-state index is 13.2. The molecule has 0 bridgehead atoms. The second-order valence-corrected chi connectivity index (χ2v) is 22.9. The minimum Gasteiger partial charge on any atom is -0.394 e. The smallest absolute Gasteiger partial charge is 0.220 e. The normalized spacial score (nSPS) is 24.4. The molecule has 1 amide bonds. The molecule has 12 unspecified atom stereocenters. The van der Waals surface area contributed by atoms with Crippen LogP contribution in [0.25, 0.3) is 0 Å². The Bertz CT molecular complexity index is 1890. The number of aliphatic hydroxyl groups is 8. The van der Waals surface area contributed by atoms with Crippen molar-refractivity contribution in [1.82, 2.24) is 5.32 Å². The Morgan fingerprint density at radius 2 is 0.824 bits per heavy atom. The molecule has 0 aromatic heterocycles. The Morgan fingerprint density at radius 1 is 0.435 bits per heavy atom. The lowest BCUT2D eigenvalue weighted by atomic mass is 9.97. The summed E-state index contributed by atoms with van der Waals surface area (Å²) in [5.74, 6) is -0.255. The van der Waals surface area contributed by atoms with E-state index in [-0.39, 0.29) is 18.9 Å². The number of carbonyl (C=O) groups is 1. The van der Waals surface area contributed by atoms with Crippen LogP contribution < -0.4 is 5.32 Å². The monoisotopic (exact) mass is 1190 g/mol. The fourth-order valence-electron chi connectivity index (χ4n) is 10.1. The van der Waals surface area contributed by atoms with Crippen molar-refractivity contribution in [1.29, 1.82) is 0 Å². The summed E-state index contributed by atoms with van der Waals surface area (Å²) in [4.78, 5) is 13.2. The number of hydrogen-bond acceptors (Lipinski definition) is 13. The Morgan fingerprint density at radius 3 is 1.29 bits per heavy atom. The molecule has 12 atom stereocenters. The van der Waals surface area contributed by atoms with Gasteiger partial charge < -0.3 is 65.1 Å². The number of amides is 1. The van der Waals surface area contributed by atoms with Crippen molar-refractivity contribution in [2.24, 2.45) is 0 Å². The van der Waals surface area contributed by atoms with Crippen molar-refractivity contribution < 1.29 is 64.6 Å². The highest BCUT2D eigenvalue weighted by molar-refractivity contribution is 5.76. The van der Waals surface area contributed by atoms with Crippen LogP contribution in [0.15, 0.2) is 122 Å². The van der Waals surface area contributed by atoms with Gasteiger partial charge in [0.15, 0.2) is 12.6 Å². The molecule has 14 heteroatoms. The minimum absolute atomic E-state index is 0.255. The van der Waals surface area contributed by atoms with Gasteiger partial charge in [-0.1, -0.05) is 245 Å². The number of carbonyl (C=O) groups excluding carboxylic acids is 1. The molecule has 2 heterocycles. The zero-order chi connectivity index (χ0) is 61.6. The summed E-state index contributed by atoms with van der Waals surface area (Å²) < 4.78 is 22.7. The first kappa shape index (κ1) is 77.5. The molecule has 0 aliphatic carbocycles. The zero-order valence-corrected chi connectivity index (χ0v) is 52.6. The fourth-order valence-corrected chi connectivity index (χ4v) is 10.1.